The first-order valence-corrected chi connectivity index (χ1v) is 9.73. The summed E-state index contributed by atoms with van der Waals surface area (Å²) in [6, 6.07) is 3.90. The molecule has 1 N–H and O–H groups in total. The van der Waals surface area contributed by atoms with Gasteiger partial charge in [-0.3, -0.25) is 9.48 Å². The fourth-order valence-corrected chi connectivity index (χ4v) is 3.96. The van der Waals surface area contributed by atoms with Crippen molar-refractivity contribution >= 4 is 22.8 Å². The van der Waals surface area contributed by atoms with Crippen molar-refractivity contribution in [2.45, 2.75) is 26.7 Å². The summed E-state index contributed by atoms with van der Waals surface area (Å²) in [5, 5.41) is 4.31. The Balaban J connectivity index is 1.38. The third-order valence-electron chi connectivity index (χ3n) is 5.66. The first-order valence-electron chi connectivity index (χ1n) is 9.73. The van der Waals surface area contributed by atoms with E-state index in [-0.39, 0.29) is 5.91 Å². The Hall–Kier alpha value is -2.90. The fraction of sp³-hybridized carbons (Fsp3) is 0.500. The van der Waals surface area contributed by atoms with Gasteiger partial charge >= 0.3 is 0 Å². The van der Waals surface area contributed by atoms with Crippen molar-refractivity contribution in [2.75, 3.05) is 31.6 Å². The summed E-state index contributed by atoms with van der Waals surface area (Å²) in [5.41, 5.74) is 4.57. The molecule has 3 aromatic heterocycles. The molecule has 0 spiro atoms. The molecular weight excluding hydrogens is 354 g/mol. The number of nitrogens with one attached hydrogen (secondary N) is 1. The Morgan fingerprint density at radius 3 is 2.68 bits per heavy atom. The second-order valence-corrected chi connectivity index (χ2v) is 7.82. The Morgan fingerprint density at radius 2 is 2.00 bits per heavy atom. The molecule has 8 nitrogen and oxygen atoms in total. The number of aromatic nitrogens is 5. The minimum absolute atomic E-state index is 0.00880. The van der Waals surface area contributed by atoms with Crippen LogP contribution in [0.15, 0.2) is 18.5 Å². The van der Waals surface area contributed by atoms with E-state index in [1.54, 1.807) is 15.9 Å². The largest absolute Gasteiger partial charge is 0.355 e. The van der Waals surface area contributed by atoms with Gasteiger partial charge in [-0.15, -0.1) is 0 Å². The van der Waals surface area contributed by atoms with Crippen LogP contribution in [0.2, 0.25) is 0 Å². The van der Waals surface area contributed by atoms with Gasteiger partial charge in [0.05, 0.1) is 5.52 Å². The molecular formula is C20H27N7O. The van der Waals surface area contributed by atoms with E-state index in [4.69, 9.17) is 0 Å². The number of carbonyl (C=O) groups excluding carboxylic acids is 1. The Bertz CT molecular complexity index is 978. The maximum absolute atomic E-state index is 12.6. The number of piperidine rings is 1. The molecule has 1 fully saturated rings. The van der Waals surface area contributed by atoms with Crippen molar-refractivity contribution in [3.63, 3.8) is 0 Å². The topological polar surface area (TPSA) is 82.9 Å². The lowest BCUT2D eigenvalue weighted by molar-refractivity contribution is 0.0758. The third kappa shape index (κ3) is 3.46. The van der Waals surface area contributed by atoms with Crippen molar-refractivity contribution in [2.24, 2.45) is 13.0 Å². The van der Waals surface area contributed by atoms with E-state index >= 15 is 0 Å². The van der Waals surface area contributed by atoms with Crippen molar-refractivity contribution < 1.29 is 4.79 Å². The molecule has 1 aliphatic heterocycles. The molecule has 0 saturated carbocycles. The molecule has 4 rings (SSSR count). The van der Waals surface area contributed by atoms with E-state index in [2.05, 4.69) is 25.0 Å². The highest BCUT2D eigenvalue weighted by molar-refractivity contribution is 5.92. The summed E-state index contributed by atoms with van der Waals surface area (Å²) < 4.78 is 1.74. The van der Waals surface area contributed by atoms with E-state index in [1.165, 1.54) is 0 Å². The number of carbonyl (C=O) groups is 1. The summed E-state index contributed by atoms with van der Waals surface area (Å²) >= 11 is 0. The fourth-order valence-electron chi connectivity index (χ4n) is 3.96. The molecule has 8 heteroatoms. The van der Waals surface area contributed by atoms with Gasteiger partial charge in [-0.25, -0.2) is 9.97 Å². The molecule has 3 aromatic rings. The molecule has 1 saturated heterocycles. The van der Waals surface area contributed by atoms with E-state index in [1.807, 2.05) is 40.1 Å². The third-order valence-corrected chi connectivity index (χ3v) is 5.66. The maximum Gasteiger partial charge on any atom is 0.274 e. The quantitative estimate of drug-likeness (QED) is 0.750. The summed E-state index contributed by atoms with van der Waals surface area (Å²) in [6.07, 6.45) is 3.70. The number of aryl methyl sites for hydroxylation is 3. The smallest absolute Gasteiger partial charge is 0.274 e. The zero-order valence-corrected chi connectivity index (χ0v) is 16.9. The zero-order valence-electron chi connectivity index (χ0n) is 16.9. The predicted octanol–water partition coefficient (Wildman–Crippen LogP) is 2.30. The number of H-pyrrole nitrogens is 1. The highest BCUT2D eigenvalue weighted by Crippen LogP contribution is 2.27. The number of aromatic amines is 1. The van der Waals surface area contributed by atoms with Gasteiger partial charge in [0.2, 0.25) is 0 Å². The van der Waals surface area contributed by atoms with Gasteiger partial charge in [0.25, 0.3) is 5.91 Å². The van der Waals surface area contributed by atoms with Crippen LogP contribution in [0.3, 0.4) is 0 Å². The van der Waals surface area contributed by atoms with Crippen LogP contribution in [0.25, 0.3) is 11.0 Å². The van der Waals surface area contributed by atoms with Crippen LogP contribution >= 0.6 is 0 Å². The highest BCUT2D eigenvalue weighted by Gasteiger charge is 2.25. The molecule has 1 amide bonds. The molecule has 0 atom stereocenters. The number of hydrogen-bond donors (Lipinski definition) is 1. The van der Waals surface area contributed by atoms with Gasteiger partial charge < -0.3 is 14.8 Å². The number of anilines is 1. The Labute approximate surface area is 164 Å². The number of nitrogens with zero attached hydrogens (tertiary/aromatic N) is 6. The van der Waals surface area contributed by atoms with Gasteiger partial charge in [-0.05, 0) is 44.7 Å². The standard InChI is InChI=1S/C20H27N7O/c1-13-9-16-18(23-13)19(22-12-21-16)27-7-5-15(6-8-27)11-25(3)20(28)17-10-14(2)26(4)24-17/h9-10,12,15,23H,5-8,11H2,1-4H3. The van der Waals surface area contributed by atoms with Crippen molar-refractivity contribution in [1.29, 1.82) is 0 Å². The molecule has 0 bridgehead atoms. The average Bonchev–Trinajstić information content (AvgIpc) is 3.22. The van der Waals surface area contributed by atoms with Crippen LogP contribution in [0.4, 0.5) is 5.82 Å². The molecule has 28 heavy (non-hydrogen) atoms. The average molecular weight is 381 g/mol. The van der Waals surface area contributed by atoms with Crippen LogP contribution in [0, 0.1) is 19.8 Å². The number of rotatable bonds is 4. The summed E-state index contributed by atoms with van der Waals surface area (Å²) in [6.45, 7) is 6.60. The minimum Gasteiger partial charge on any atom is -0.355 e. The second kappa shape index (κ2) is 7.26. The lowest BCUT2D eigenvalue weighted by atomic mass is 9.96. The van der Waals surface area contributed by atoms with Crippen molar-refractivity contribution in [3.8, 4) is 0 Å². The monoisotopic (exact) mass is 381 g/mol. The first kappa shape index (κ1) is 18.5. The molecule has 1 aliphatic rings. The van der Waals surface area contributed by atoms with Crippen molar-refractivity contribution in [3.05, 3.63) is 35.5 Å². The SMILES string of the molecule is Cc1cc2ncnc(N3CCC(CN(C)C(=O)c4cc(C)n(C)n4)CC3)c2[nH]1. The lowest BCUT2D eigenvalue weighted by Crippen LogP contribution is -2.40. The molecule has 148 valence electrons. The predicted molar refractivity (Wildman–Crippen MR) is 108 cm³/mol. The number of amides is 1. The Kier molecular flexibility index (Phi) is 4.78. The number of fused-ring (bicyclic) bond motifs is 1. The summed E-state index contributed by atoms with van der Waals surface area (Å²) in [7, 11) is 3.73. The molecule has 0 aliphatic carbocycles. The lowest BCUT2D eigenvalue weighted by Gasteiger charge is -2.34. The first-order chi connectivity index (χ1) is 13.4. The van der Waals surface area contributed by atoms with Gasteiger partial charge in [-0.1, -0.05) is 0 Å². The maximum atomic E-state index is 12.6. The van der Waals surface area contributed by atoms with Crippen LogP contribution < -0.4 is 4.90 Å². The molecule has 0 radical (unpaired) electrons. The van der Waals surface area contributed by atoms with Gasteiger partial charge in [0.1, 0.15) is 11.8 Å². The van der Waals surface area contributed by atoms with E-state index in [9.17, 15) is 4.79 Å². The van der Waals surface area contributed by atoms with Crippen molar-refractivity contribution in [1.82, 2.24) is 29.6 Å². The normalized spacial score (nSPS) is 15.4. The molecule has 0 aromatic carbocycles. The Morgan fingerprint density at radius 1 is 1.25 bits per heavy atom. The van der Waals surface area contributed by atoms with E-state index in [0.717, 1.165) is 60.7 Å². The zero-order chi connectivity index (χ0) is 19.8. The number of hydrogen-bond acceptors (Lipinski definition) is 5. The van der Waals surface area contributed by atoms with E-state index < -0.39 is 0 Å². The van der Waals surface area contributed by atoms with Gasteiger partial charge in [0, 0.05) is 45.1 Å². The molecule has 0 unspecified atom stereocenters. The van der Waals surface area contributed by atoms with E-state index in [0.29, 0.717) is 11.6 Å². The van der Waals surface area contributed by atoms with Crippen LogP contribution in [-0.4, -0.2) is 62.2 Å². The van der Waals surface area contributed by atoms with Gasteiger partial charge in [-0.2, -0.15) is 5.10 Å². The second-order valence-electron chi connectivity index (χ2n) is 7.82. The minimum atomic E-state index is -0.00880. The highest BCUT2D eigenvalue weighted by atomic mass is 16.2. The summed E-state index contributed by atoms with van der Waals surface area (Å²) in [4.78, 5) is 29.0. The van der Waals surface area contributed by atoms with Crippen LogP contribution in [0.5, 0.6) is 0 Å². The summed E-state index contributed by atoms with van der Waals surface area (Å²) in [5.74, 6) is 1.45. The van der Waals surface area contributed by atoms with Crippen LogP contribution in [-0.2, 0) is 7.05 Å². The van der Waals surface area contributed by atoms with Gasteiger partial charge in [0.15, 0.2) is 11.5 Å². The molecule has 4 heterocycles. The van der Waals surface area contributed by atoms with Crippen LogP contribution in [0.1, 0.15) is 34.7 Å².